The summed E-state index contributed by atoms with van der Waals surface area (Å²) in [5.41, 5.74) is 8.27. The number of carbonyl (C=O) groups is 1. The van der Waals surface area contributed by atoms with Crippen LogP contribution in [0.5, 0.6) is 0 Å². The lowest BCUT2D eigenvalue weighted by atomic mass is 9.92. The fourth-order valence-electron chi connectivity index (χ4n) is 2.52. The fourth-order valence-corrected chi connectivity index (χ4v) is 2.52. The maximum absolute atomic E-state index is 11.4. The molecule has 0 heterocycles. The summed E-state index contributed by atoms with van der Waals surface area (Å²) in [6.07, 6.45) is 4.86. The molecular formula is C13H18N2O. The molecule has 0 aliphatic heterocycles. The van der Waals surface area contributed by atoms with Gasteiger partial charge in [-0.15, -0.1) is 0 Å². The van der Waals surface area contributed by atoms with Gasteiger partial charge in [0.15, 0.2) is 0 Å². The third-order valence-corrected chi connectivity index (χ3v) is 3.40. The largest absolute Gasteiger partial charge is 0.388 e. The van der Waals surface area contributed by atoms with Crippen LogP contribution < -0.4 is 11.1 Å². The first-order chi connectivity index (χ1) is 7.72. The van der Waals surface area contributed by atoms with E-state index < -0.39 is 0 Å². The molecule has 0 atom stereocenters. The van der Waals surface area contributed by atoms with Crippen LogP contribution in [0.2, 0.25) is 0 Å². The van der Waals surface area contributed by atoms with E-state index in [1.165, 1.54) is 25.7 Å². The zero-order valence-corrected chi connectivity index (χ0v) is 9.62. The molecular weight excluding hydrogens is 200 g/mol. The van der Waals surface area contributed by atoms with Gasteiger partial charge in [-0.3, -0.25) is 4.79 Å². The molecule has 86 valence electrons. The van der Waals surface area contributed by atoms with Gasteiger partial charge in [0.1, 0.15) is 0 Å². The Bertz CT molecular complexity index is 395. The standard InChI is InChI=1S/C13H18N2O/c1-15-10-6-7-11(13(14)16)12(8-10)9-4-2-3-5-9/h6-9,15H,2-5H2,1H3,(H2,14,16). The van der Waals surface area contributed by atoms with E-state index in [4.69, 9.17) is 5.73 Å². The Morgan fingerprint density at radius 3 is 2.62 bits per heavy atom. The van der Waals surface area contributed by atoms with Crippen molar-refractivity contribution >= 4 is 11.6 Å². The Morgan fingerprint density at radius 1 is 1.38 bits per heavy atom. The summed E-state index contributed by atoms with van der Waals surface area (Å²) in [5, 5.41) is 3.10. The molecule has 1 fully saturated rings. The molecule has 2 rings (SSSR count). The van der Waals surface area contributed by atoms with Crippen LogP contribution in [0.4, 0.5) is 5.69 Å². The van der Waals surface area contributed by atoms with E-state index in [9.17, 15) is 4.79 Å². The number of anilines is 1. The molecule has 1 saturated carbocycles. The molecule has 3 nitrogen and oxygen atoms in total. The monoisotopic (exact) mass is 218 g/mol. The van der Waals surface area contributed by atoms with Gasteiger partial charge in [-0.1, -0.05) is 12.8 Å². The molecule has 0 unspecified atom stereocenters. The third-order valence-electron chi connectivity index (χ3n) is 3.40. The first-order valence-corrected chi connectivity index (χ1v) is 5.84. The molecule has 1 aromatic rings. The van der Waals surface area contributed by atoms with Crippen molar-refractivity contribution < 1.29 is 4.79 Å². The average molecular weight is 218 g/mol. The van der Waals surface area contributed by atoms with Crippen LogP contribution in [-0.4, -0.2) is 13.0 Å². The molecule has 0 saturated heterocycles. The minimum Gasteiger partial charge on any atom is -0.388 e. The van der Waals surface area contributed by atoms with Crippen LogP contribution in [0.25, 0.3) is 0 Å². The normalized spacial score (nSPS) is 16.3. The molecule has 3 N–H and O–H groups in total. The van der Waals surface area contributed by atoms with E-state index in [1.54, 1.807) is 0 Å². The number of hydrogen-bond acceptors (Lipinski definition) is 2. The lowest BCUT2D eigenvalue weighted by Gasteiger charge is -2.15. The van der Waals surface area contributed by atoms with E-state index in [2.05, 4.69) is 11.4 Å². The molecule has 1 aromatic carbocycles. The minimum absolute atomic E-state index is 0.315. The first kappa shape index (κ1) is 11.0. The number of hydrogen-bond donors (Lipinski definition) is 2. The van der Waals surface area contributed by atoms with Gasteiger partial charge < -0.3 is 11.1 Å². The van der Waals surface area contributed by atoms with E-state index in [0.717, 1.165) is 11.3 Å². The molecule has 1 aliphatic rings. The Morgan fingerprint density at radius 2 is 2.06 bits per heavy atom. The summed E-state index contributed by atoms with van der Waals surface area (Å²) >= 11 is 0. The van der Waals surface area contributed by atoms with E-state index in [0.29, 0.717) is 11.5 Å². The van der Waals surface area contributed by atoms with Crippen LogP contribution in [0, 0.1) is 0 Å². The van der Waals surface area contributed by atoms with Crippen molar-refractivity contribution in [3.8, 4) is 0 Å². The van der Waals surface area contributed by atoms with Crippen molar-refractivity contribution in [1.82, 2.24) is 0 Å². The summed E-state index contributed by atoms with van der Waals surface area (Å²) in [6, 6.07) is 5.80. The van der Waals surface area contributed by atoms with Crippen molar-refractivity contribution in [3.63, 3.8) is 0 Å². The summed E-state index contributed by atoms with van der Waals surface area (Å²) in [6.45, 7) is 0. The molecule has 1 amide bonds. The predicted octanol–water partition coefficient (Wildman–Crippen LogP) is 2.48. The summed E-state index contributed by atoms with van der Waals surface area (Å²) < 4.78 is 0. The summed E-state index contributed by atoms with van der Waals surface area (Å²) in [7, 11) is 1.89. The second-order valence-corrected chi connectivity index (χ2v) is 4.40. The smallest absolute Gasteiger partial charge is 0.248 e. The molecule has 0 spiro atoms. The number of benzene rings is 1. The van der Waals surface area contributed by atoms with E-state index in [-0.39, 0.29) is 5.91 Å². The van der Waals surface area contributed by atoms with Crippen molar-refractivity contribution in [2.45, 2.75) is 31.6 Å². The zero-order valence-electron chi connectivity index (χ0n) is 9.62. The zero-order chi connectivity index (χ0) is 11.5. The third kappa shape index (κ3) is 2.03. The quantitative estimate of drug-likeness (QED) is 0.819. The van der Waals surface area contributed by atoms with Gasteiger partial charge in [-0.05, 0) is 42.5 Å². The summed E-state index contributed by atoms with van der Waals surface area (Å²) in [4.78, 5) is 11.4. The Balaban J connectivity index is 2.40. The number of nitrogens with one attached hydrogen (secondary N) is 1. The van der Waals surface area contributed by atoms with Gasteiger partial charge in [-0.25, -0.2) is 0 Å². The van der Waals surface area contributed by atoms with Gasteiger partial charge >= 0.3 is 0 Å². The van der Waals surface area contributed by atoms with Gasteiger partial charge in [0.2, 0.25) is 5.91 Å². The topological polar surface area (TPSA) is 55.1 Å². The van der Waals surface area contributed by atoms with Crippen LogP contribution in [0.15, 0.2) is 18.2 Å². The first-order valence-electron chi connectivity index (χ1n) is 5.84. The fraction of sp³-hybridized carbons (Fsp3) is 0.462. The highest BCUT2D eigenvalue weighted by Gasteiger charge is 2.21. The lowest BCUT2D eigenvalue weighted by Crippen LogP contribution is -2.15. The Labute approximate surface area is 96.0 Å². The van der Waals surface area contributed by atoms with Crippen molar-refractivity contribution in [3.05, 3.63) is 29.3 Å². The highest BCUT2D eigenvalue weighted by atomic mass is 16.1. The number of primary amides is 1. The van der Waals surface area contributed by atoms with Gasteiger partial charge in [0.25, 0.3) is 0 Å². The van der Waals surface area contributed by atoms with Crippen LogP contribution in [0.3, 0.4) is 0 Å². The van der Waals surface area contributed by atoms with Gasteiger partial charge in [0, 0.05) is 18.3 Å². The average Bonchev–Trinajstić information content (AvgIpc) is 2.81. The molecule has 3 heteroatoms. The molecule has 0 bridgehead atoms. The van der Waals surface area contributed by atoms with Gasteiger partial charge in [-0.2, -0.15) is 0 Å². The van der Waals surface area contributed by atoms with Crippen LogP contribution >= 0.6 is 0 Å². The number of nitrogens with two attached hydrogens (primary N) is 1. The lowest BCUT2D eigenvalue weighted by molar-refractivity contribution is 0.0999. The van der Waals surface area contributed by atoms with Crippen molar-refractivity contribution in [2.75, 3.05) is 12.4 Å². The van der Waals surface area contributed by atoms with E-state index >= 15 is 0 Å². The molecule has 1 aliphatic carbocycles. The second kappa shape index (κ2) is 4.56. The minimum atomic E-state index is -0.315. The number of amides is 1. The maximum atomic E-state index is 11.4. The summed E-state index contributed by atoms with van der Waals surface area (Å²) in [5.74, 6) is 0.195. The molecule has 16 heavy (non-hydrogen) atoms. The Hall–Kier alpha value is -1.51. The van der Waals surface area contributed by atoms with Crippen molar-refractivity contribution in [2.24, 2.45) is 5.73 Å². The van der Waals surface area contributed by atoms with Crippen molar-refractivity contribution in [1.29, 1.82) is 0 Å². The van der Waals surface area contributed by atoms with Gasteiger partial charge in [0.05, 0.1) is 0 Å². The maximum Gasteiger partial charge on any atom is 0.248 e. The second-order valence-electron chi connectivity index (χ2n) is 4.40. The SMILES string of the molecule is CNc1ccc(C(N)=O)c(C2CCCC2)c1. The molecule has 0 radical (unpaired) electrons. The number of rotatable bonds is 3. The van der Waals surface area contributed by atoms with Crippen LogP contribution in [0.1, 0.15) is 47.5 Å². The number of carbonyl (C=O) groups excluding carboxylic acids is 1. The van der Waals surface area contributed by atoms with Crippen LogP contribution in [-0.2, 0) is 0 Å². The highest BCUT2D eigenvalue weighted by molar-refractivity contribution is 5.95. The Kier molecular flexibility index (Phi) is 3.13. The van der Waals surface area contributed by atoms with E-state index in [1.807, 2.05) is 19.2 Å². The molecule has 0 aromatic heterocycles. The highest BCUT2D eigenvalue weighted by Crippen LogP contribution is 2.36. The predicted molar refractivity (Wildman–Crippen MR) is 65.7 cm³/mol.